The minimum atomic E-state index is -0.0641. The lowest BCUT2D eigenvalue weighted by molar-refractivity contribution is -0.116. The third kappa shape index (κ3) is 2.38. The number of carbonyl (C=O) groups excluding carboxylic acids is 1. The van der Waals surface area contributed by atoms with E-state index in [9.17, 15) is 4.79 Å². The molecule has 0 aromatic heterocycles. The molecule has 118 valence electrons. The first-order valence-electron chi connectivity index (χ1n) is 7.62. The zero-order chi connectivity index (χ0) is 15.8. The van der Waals surface area contributed by atoms with E-state index in [0.29, 0.717) is 25.4 Å². The van der Waals surface area contributed by atoms with Crippen molar-refractivity contribution in [2.75, 3.05) is 25.6 Å². The van der Waals surface area contributed by atoms with E-state index in [2.05, 4.69) is 5.32 Å². The number of nitrogens with one attached hydrogen (secondary N) is 1. The van der Waals surface area contributed by atoms with E-state index in [4.69, 9.17) is 14.2 Å². The van der Waals surface area contributed by atoms with E-state index in [1.165, 1.54) is 0 Å². The van der Waals surface area contributed by atoms with Gasteiger partial charge in [0.2, 0.25) is 5.91 Å². The fourth-order valence-electron chi connectivity index (χ4n) is 3.23. The summed E-state index contributed by atoms with van der Waals surface area (Å²) in [5, 5.41) is 2.93. The summed E-state index contributed by atoms with van der Waals surface area (Å²) >= 11 is 0. The van der Waals surface area contributed by atoms with Gasteiger partial charge in [-0.3, -0.25) is 4.79 Å². The van der Waals surface area contributed by atoms with E-state index in [1.807, 2.05) is 36.4 Å². The van der Waals surface area contributed by atoms with Crippen molar-refractivity contribution in [1.82, 2.24) is 0 Å². The largest absolute Gasteiger partial charge is 0.496 e. The van der Waals surface area contributed by atoms with Crippen molar-refractivity contribution in [3.05, 3.63) is 47.5 Å². The fourth-order valence-corrected chi connectivity index (χ4v) is 3.23. The predicted molar refractivity (Wildman–Crippen MR) is 85.5 cm³/mol. The molecule has 2 heterocycles. The molecule has 0 spiro atoms. The average molecular weight is 311 g/mol. The molecule has 0 saturated heterocycles. The lowest BCUT2D eigenvalue weighted by atomic mass is 9.84. The molecule has 0 bridgehead atoms. The Hall–Kier alpha value is -2.69. The number of carbonyl (C=O) groups is 1. The molecule has 0 unspecified atom stereocenters. The summed E-state index contributed by atoms with van der Waals surface area (Å²) in [6, 6.07) is 11.6. The molecule has 2 aromatic carbocycles. The number of amides is 1. The maximum Gasteiger partial charge on any atom is 0.225 e. The van der Waals surface area contributed by atoms with Gasteiger partial charge in [0, 0.05) is 29.7 Å². The van der Waals surface area contributed by atoms with E-state index in [-0.39, 0.29) is 11.8 Å². The van der Waals surface area contributed by atoms with Gasteiger partial charge < -0.3 is 19.5 Å². The van der Waals surface area contributed by atoms with Crippen LogP contribution in [0.4, 0.5) is 5.69 Å². The minimum Gasteiger partial charge on any atom is -0.496 e. The molecule has 2 aromatic rings. The third-order valence-corrected chi connectivity index (χ3v) is 4.27. The summed E-state index contributed by atoms with van der Waals surface area (Å²) in [4.78, 5) is 12.2. The zero-order valence-electron chi connectivity index (χ0n) is 12.8. The lowest BCUT2D eigenvalue weighted by Gasteiger charge is -2.29. The second-order valence-electron chi connectivity index (χ2n) is 5.63. The quantitative estimate of drug-likeness (QED) is 0.926. The molecule has 2 aliphatic heterocycles. The molecule has 23 heavy (non-hydrogen) atoms. The van der Waals surface area contributed by atoms with E-state index >= 15 is 0 Å². The van der Waals surface area contributed by atoms with E-state index in [1.54, 1.807) is 7.11 Å². The standard InChI is InChI=1S/C18H17NO4/c1-21-15-5-3-2-4-11(15)12-9-18(20)19-14-10-17-16(8-13(12)14)22-6-7-23-17/h2-5,8,10,12H,6-7,9H2,1H3,(H,19,20)/t12-/m1/s1. The van der Waals surface area contributed by atoms with Crippen molar-refractivity contribution in [2.24, 2.45) is 0 Å². The summed E-state index contributed by atoms with van der Waals surface area (Å²) in [5.41, 5.74) is 2.81. The Labute approximate surface area is 134 Å². The Kier molecular flexibility index (Phi) is 3.33. The zero-order valence-corrected chi connectivity index (χ0v) is 12.8. The van der Waals surface area contributed by atoms with Crippen LogP contribution in [0.2, 0.25) is 0 Å². The molecule has 4 rings (SSSR count). The number of fused-ring (bicyclic) bond motifs is 2. The maximum absolute atomic E-state index is 12.2. The van der Waals surface area contributed by atoms with Crippen molar-refractivity contribution in [2.45, 2.75) is 12.3 Å². The number of anilines is 1. The number of benzene rings is 2. The lowest BCUT2D eigenvalue weighted by Crippen LogP contribution is -2.25. The Bertz CT molecular complexity index is 772. The van der Waals surface area contributed by atoms with Gasteiger partial charge in [0.15, 0.2) is 11.5 Å². The van der Waals surface area contributed by atoms with Crippen LogP contribution in [-0.4, -0.2) is 26.2 Å². The van der Waals surface area contributed by atoms with Gasteiger partial charge in [-0.15, -0.1) is 0 Å². The Balaban J connectivity index is 1.85. The van der Waals surface area contributed by atoms with Gasteiger partial charge in [0.05, 0.1) is 7.11 Å². The number of hydrogen-bond acceptors (Lipinski definition) is 4. The first kappa shape index (κ1) is 13.9. The molecule has 1 N–H and O–H groups in total. The van der Waals surface area contributed by atoms with Gasteiger partial charge in [-0.2, -0.15) is 0 Å². The van der Waals surface area contributed by atoms with Crippen LogP contribution >= 0.6 is 0 Å². The average Bonchev–Trinajstić information content (AvgIpc) is 2.59. The van der Waals surface area contributed by atoms with Gasteiger partial charge in [0.1, 0.15) is 19.0 Å². The third-order valence-electron chi connectivity index (χ3n) is 4.27. The number of ether oxygens (including phenoxy) is 3. The number of para-hydroxylation sites is 1. The first-order valence-corrected chi connectivity index (χ1v) is 7.62. The summed E-state index contributed by atoms with van der Waals surface area (Å²) < 4.78 is 16.8. The molecule has 0 saturated carbocycles. The summed E-state index contributed by atoms with van der Waals surface area (Å²) in [6.07, 6.45) is 0.382. The van der Waals surface area contributed by atoms with Crippen molar-refractivity contribution in [3.8, 4) is 17.2 Å². The van der Waals surface area contributed by atoms with Crippen LogP contribution in [0.3, 0.4) is 0 Å². The van der Waals surface area contributed by atoms with Crippen molar-refractivity contribution >= 4 is 11.6 Å². The van der Waals surface area contributed by atoms with Crippen molar-refractivity contribution in [1.29, 1.82) is 0 Å². The van der Waals surface area contributed by atoms with Crippen LogP contribution in [-0.2, 0) is 4.79 Å². The second-order valence-corrected chi connectivity index (χ2v) is 5.63. The van der Waals surface area contributed by atoms with Gasteiger partial charge in [-0.05, 0) is 17.7 Å². The monoisotopic (exact) mass is 311 g/mol. The molecule has 1 atom stereocenters. The topological polar surface area (TPSA) is 56.8 Å². The van der Waals surface area contributed by atoms with Gasteiger partial charge in [0.25, 0.3) is 0 Å². The highest BCUT2D eigenvalue weighted by Gasteiger charge is 2.30. The fraction of sp³-hybridized carbons (Fsp3) is 0.278. The highest BCUT2D eigenvalue weighted by atomic mass is 16.6. The second kappa shape index (κ2) is 5.50. The van der Waals surface area contributed by atoms with Crippen LogP contribution < -0.4 is 19.5 Å². The molecule has 5 nitrogen and oxygen atoms in total. The van der Waals surface area contributed by atoms with Gasteiger partial charge in [-0.1, -0.05) is 18.2 Å². The minimum absolute atomic E-state index is 0.00918. The van der Waals surface area contributed by atoms with Crippen molar-refractivity contribution in [3.63, 3.8) is 0 Å². The van der Waals surface area contributed by atoms with Gasteiger partial charge >= 0.3 is 0 Å². The normalized spacial score (nSPS) is 18.8. The highest BCUT2D eigenvalue weighted by molar-refractivity contribution is 5.96. The summed E-state index contributed by atoms with van der Waals surface area (Å²) in [7, 11) is 1.65. The van der Waals surface area contributed by atoms with Crippen LogP contribution in [0.15, 0.2) is 36.4 Å². The van der Waals surface area contributed by atoms with Crippen LogP contribution in [0.1, 0.15) is 23.5 Å². The Morgan fingerprint density at radius 3 is 2.61 bits per heavy atom. The number of hydrogen-bond donors (Lipinski definition) is 1. The van der Waals surface area contributed by atoms with E-state index in [0.717, 1.165) is 28.3 Å². The molecule has 0 radical (unpaired) electrons. The van der Waals surface area contributed by atoms with E-state index < -0.39 is 0 Å². The van der Waals surface area contributed by atoms with Gasteiger partial charge in [-0.25, -0.2) is 0 Å². The number of methoxy groups -OCH3 is 1. The van der Waals surface area contributed by atoms with Crippen LogP contribution in [0, 0.1) is 0 Å². The molecule has 1 amide bonds. The molecular weight excluding hydrogens is 294 g/mol. The molecule has 0 fully saturated rings. The molecule has 2 aliphatic rings. The number of rotatable bonds is 2. The SMILES string of the molecule is COc1ccccc1[C@H]1CC(=O)Nc2cc3c(cc21)OCCO3. The molecule has 0 aliphatic carbocycles. The van der Waals surface area contributed by atoms with Crippen molar-refractivity contribution < 1.29 is 19.0 Å². The molecular formula is C18H17NO4. The first-order chi connectivity index (χ1) is 11.3. The van der Waals surface area contributed by atoms with Crippen LogP contribution in [0.5, 0.6) is 17.2 Å². The maximum atomic E-state index is 12.2. The summed E-state index contributed by atoms with van der Waals surface area (Å²) in [6.45, 7) is 1.06. The van der Waals surface area contributed by atoms with Crippen LogP contribution in [0.25, 0.3) is 0 Å². The smallest absolute Gasteiger partial charge is 0.225 e. The predicted octanol–water partition coefficient (Wildman–Crippen LogP) is 2.94. The Morgan fingerprint density at radius 2 is 1.83 bits per heavy atom. The Morgan fingerprint density at radius 1 is 1.09 bits per heavy atom. The molecule has 5 heteroatoms. The highest BCUT2D eigenvalue weighted by Crippen LogP contribution is 2.45. The summed E-state index contributed by atoms with van der Waals surface area (Å²) in [5.74, 6) is 2.12.